The molecule has 0 aromatic heterocycles. The summed E-state index contributed by atoms with van der Waals surface area (Å²) in [6, 6.07) is 4.50. The molecular weight excluding hydrogens is 406 g/mol. The van der Waals surface area contributed by atoms with Gasteiger partial charge in [0, 0.05) is 31.7 Å². The first-order chi connectivity index (χ1) is 15.2. The number of fused-ring (bicyclic) bond motifs is 2. The van der Waals surface area contributed by atoms with Crippen molar-refractivity contribution in [3.63, 3.8) is 0 Å². The minimum atomic E-state index is -1.09. The molecule has 4 aliphatic rings. The number of primary amides is 1. The molecule has 1 saturated heterocycles. The first kappa shape index (κ1) is 22.6. The normalized spacial score (nSPS) is 26.8. The van der Waals surface area contributed by atoms with Gasteiger partial charge in [-0.25, -0.2) is 4.79 Å². The molecular formula is C25H35N3O4. The van der Waals surface area contributed by atoms with Crippen molar-refractivity contribution in [3.8, 4) is 0 Å². The van der Waals surface area contributed by atoms with E-state index in [1.54, 1.807) is 6.07 Å². The van der Waals surface area contributed by atoms with E-state index in [0.29, 0.717) is 42.4 Å². The third-order valence-electron chi connectivity index (χ3n) is 8.50. The smallest absolute Gasteiger partial charge is 0.335 e. The zero-order chi connectivity index (χ0) is 23.0. The van der Waals surface area contributed by atoms with E-state index in [-0.39, 0.29) is 17.0 Å². The van der Waals surface area contributed by atoms with E-state index >= 15 is 0 Å². The lowest BCUT2D eigenvalue weighted by molar-refractivity contribution is -0.125. The molecule has 174 valence electrons. The highest BCUT2D eigenvalue weighted by atomic mass is 16.4. The van der Waals surface area contributed by atoms with Crippen molar-refractivity contribution < 1.29 is 19.5 Å². The number of carboxylic acid groups (broad SMARTS) is 1. The van der Waals surface area contributed by atoms with Gasteiger partial charge >= 0.3 is 5.97 Å². The molecule has 2 amide bonds. The van der Waals surface area contributed by atoms with Crippen LogP contribution < -0.4 is 16.0 Å². The van der Waals surface area contributed by atoms with Crippen LogP contribution in [0.25, 0.3) is 0 Å². The molecule has 0 unspecified atom stereocenters. The fraction of sp³-hybridized carbons (Fsp3) is 0.640. The summed E-state index contributed by atoms with van der Waals surface area (Å²) >= 11 is 0. The van der Waals surface area contributed by atoms with E-state index in [1.165, 1.54) is 31.4 Å². The van der Waals surface area contributed by atoms with Gasteiger partial charge in [-0.2, -0.15) is 0 Å². The molecule has 3 saturated carbocycles. The Morgan fingerprint density at radius 2 is 1.88 bits per heavy atom. The number of nitrogens with zero attached hydrogens (tertiary/aromatic N) is 1. The van der Waals surface area contributed by atoms with Crippen molar-refractivity contribution in [2.45, 2.75) is 52.4 Å². The number of nitrogens with one attached hydrogen (secondary N) is 1. The lowest BCUT2D eigenvalue weighted by Crippen LogP contribution is -2.54. The maximum absolute atomic E-state index is 12.6. The molecule has 3 aliphatic carbocycles. The van der Waals surface area contributed by atoms with Crippen LogP contribution in [-0.4, -0.2) is 42.5 Å². The number of anilines is 1. The van der Waals surface area contributed by atoms with E-state index in [1.807, 2.05) is 0 Å². The Kier molecular flexibility index (Phi) is 6.19. The Morgan fingerprint density at radius 3 is 2.47 bits per heavy atom. The first-order valence-corrected chi connectivity index (χ1v) is 11.9. The Hall–Kier alpha value is -2.57. The number of carboxylic acids is 1. The van der Waals surface area contributed by atoms with E-state index in [2.05, 4.69) is 24.1 Å². The van der Waals surface area contributed by atoms with Crippen LogP contribution in [0.15, 0.2) is 18.2 Å². The third kappa shape index (κ3) is 4.34. The number of aromatic carboxylic acids is 1. The van der Waals surface area contributed by atoms with E-state index in [9.17, 15) is 19.5 Å². The predicted molar refractivity (Wildman–Crippen MR) is 123 cm³/mol. The number of benzene rings is 1. The maximum Gasteiger partial charge on any atom is 0.335 e. The van der Waals surface area contributed by atoms with E-state index < -0.39 is 11.9 Å². The minimum Gasteiger partial charge on any atom is -0.478 e. The molecule has 0 radical (unpaired) electrons. The van der Waals surface area contributed by atoms with E-state index in [0.717, 1.165) is 31.2 Å². The zero-order valence-corrected chi connectivity index (χ0v) is 19.1. The number of hydrogen-bond donors (Lipinski definition) is 3. The molecule has 0 spiro atoms. The topological polar surface area (TPSA) is 113 Å². The van der Waals surface area contributed by atoms with Crippen molar-refractivity contribution >= 4 is 23.5 Å². The van der Waals surface area contributed by atoms with Gasteiger partial charge in [0.2, 0.25) is 5.91 Å². The molecule has 2 bridgehead atoms. The standard InChI is InChI=1S/C25H35N3O4/c1-25(2)18-5-3-17(20(25)13-18)14-27-22(29)11-15-7-9-28(10-8-15)21-6-4-16(24(31)32)12-19(21)23(26)30/h4,6,12,15,17-18,20H,3,5,7-11,13-14H2,1-2H3,(H2,26,30)(H,27,29)(H,31,32)/t17-,18-,20-/m0/s1. The van der Waals surface area contributed by atoms with Gasteiger partial charge < -0.3 is 21.1 Å². The second-order valence-electron chi connectivity index (χ2n) is 10.5. The van der Waals surface area contributed by atoms with Crippen molar-refractivity contribution in [3.05, 3.63) is 29.3 Å². The summed E-state index contributed by atoms with van der Waals surface area (Å²) in [7, 11) is 0. The average Bonchev–Trinajstić information content (AvgIpc) is 2.77. The van der Waals surface area contributed by atoms with Crippen LogP contribution in [0.1, 0.15) is 73.1 Å². The van der Waals surface area contributed by atoms with Crippen LogP contribution >= 0.6 is 0 Å². The Bertz CT molecular complexity index is 902. The highest BCUT2D eigenvalue weighted by molar-refractivity contribution is 6.01. The quantitative estimate of drug-likeness (QED) is 0.601. The number of carbonyl (C=O) groups excluding carboxylic acids is 2. The first-order valence-electron chi connectivity index (χ1n) is 11.9. The second-order valence-corrected chi connectivity index (χ2v) is 10.5. The molecule has 4 fully saturated rings. The highest BCUT2D eigenvalue weighted by Crippen LogP contribution is 2.61. The average molecular weight is 442 g/mol. The number of rotatable bonds is 7. The van der Waals surface area contributed by atoms with Crippen LogP contribution in [0, 0.1) is 29.1 Å². The van der Waals surface area contributed by atoms with Crippen LogP contribution in [0.2, 0.25) is 0 Å². The molecule has 1 aromatic carbocycles. The van der Waals surface area contributed by atoms with Crippen molar-refractivity contribution in [1.82, 2.24) is 5.32 Å². The van der Waals surface area contributed by atoms with Crippen molar-refractivity contribution in [2.75, 3.05) is 24.5 Å². The largest absolute Gasteiger partial charge is 0.478 e. The Labute approximate surface area is 189 Å². The lowest BCUT2D eigenvalue weighted by atomic mass is 9.45. The molecule has 1 heterocycles. The second kappa shape index (κ2) is 8.75. The van der Waals surface area contributed by atoms with Crippen LogP contribution in [-0.2, 0) is 4.79 Å². The molecule has 4 N–H and O–H groups in total. The number of amides is 2. The zero-order valence-electron chi connectivity index (χ0n) is 19.1. The summed E-state index contributed by atoms with van der Waals surface area (Å²) in [5, 5.41) is 12.4. The van der Waals surface area contributed by atoms with Crippen LogP contribution in [0.3, 0.4) is 0 Å². The molecule has 32 heavy (non-hydrogen) atoms. The fourth-order valence-corrected chi connectivity index (χ4v) is 6.31. The van der Waals surface area contributed by atoms with Gasteiger partial charge in [-0.1, -0.05) is 13.8 Å². The summed E-state index contributed by atoms with van der Waals surface area (Å²) in [6.45, 7) is 6.99. The third-order valence-corrected chi connectivity index (χ3v) is 8.50. The summed E-state index contributed by atoms with van der Waals surface area (Å²) in [5.41, 5.74) is 6.88. The molecule has 3 atom stereocenters. The number of nitrogens with two attached hydrogens (primary N) is 1. The molecule has 5 rings (SSSR count). The van der Waals surface area contributed by atoms with Crippen molar-refractivity contribution in [2.24, 2.45) is 34.8 Å². The van der Waals surface area contributed by atoms with Gasteiger partial charge in [-0.05, 0) is 79.4 Å². The molecule has 7 heteroatoms. The summed E-state index contributed by atoms with van der Waals surface area (Å²) < 4.78 is 0. The Morgan fingerprint density at radius 1 is 1.16 bits per heavy atom. The van der Waals surface area contributed by atoms with Crippen molar-refractivity contribution in [1.29, 1.82) is 0 Å². The molecule has 1 aliphatic heterocycles. The van der Waals surface area contributed by atoms with E-state index in [4.69, 9.17) is 5.73 Å². The van der Waals surface area contributed by atoms with Gasteiger partial charge in [0.1, 0.15) is 0 Å². The number of piperidine rings is 1. The summed E-state index contributed by atoms with van der Waals surface area (Å²) in [5.74, 6) is 0.980. The molecule has 1 aromatic rings. The highest BCUT2D eigenvalue weighted by Gasteiger charge is 2.53. The number of hydrogen-bond acceptors (Lipinski definition) is 4. The van der Waals surface area contributed by atoms with Gasteiger partial charge in [-0.3, -0.25) is 9.59 Å². The van der Waals surface area contributed by atoms with Gasteiger partial charge in [0.15, 0.2) is 0 Å². The monoisotopic (exact) mass is 441 g/mol. The fourth-order valence-electron chi connectivity index (χ4n) is 6.31. The van der Waals surface area contributed by atoms with Gasteiger partial charge in [-0.15, -0.1) is 0 Å². The molecule has 7 nitrogen and oxygen atoms in total. The number of carbonyl (C=O) groups is 3. The summed E-state index contributed by atoms with van der Waals surface area (Å²) in [6.07, 6.45) is 6.11. The van der Waals surface area contributed by atoms with Gasteiger partial charge in [0.05, 0.1) is 11.1 Å². The Balaban J connectivity index is 1.27. The predicted octanol–water partition coefficient (Wildman–Crippen LogP) is 3.28. The van der Waals surface area contributed by atoms with Crippen LogP contribution in [0.5, 0.6) is 0 Å². The van der Waals surface area contributed by atoms with Gasteiger partial charge in [0.25, 0.3) is 5.91 Å². The summed E-state index contributed by atoms with van der Waals surface area (Å²) in [4.78, 5) is 37.7. The minimum absolute atomic E-state index is 0.0490. The SMILES string of the molecule is CC1(C)[C@H]2CC[C@@H](CNC(=O)CC3CCN(c4ccc(C(=O)O)cc4C(N)=O)CC3)[C@@H]1C2. The van der Waals surface area contributed by atoms with Crippen LogP contribution in [0.4, 0.5) is 5.69 Å². The maximum atomic E-state index is 12.6. The lowest BCUT2D eigenvalue weighted by Gasteiger charge is -2.60.